The van der Waals surface area contributed by atoms with Crippen LogP contribution in [0.5, 0.6) is 5.75 Å². The number of hydrogen-bond acceptors (Lipinski definition) is 6. The molecule has 0 amide bonds. The van der Waals surface area contributed by atoms with Gasteiger partial charge in [-0.1, -0.05) is 6.08 Å². The van der Waals surface area contributed by atoms with E-state index in [0.717, 1.165) is 40.9 Å². The Hall–Kier alpha value is -2.91. The lowest BCUT2D eigenvalue weighted by atomic mass is 9.97. The van der Waals surface area contributed by atoms with Gasteiger partial charge in [0.05, 0.1) is 12.5 Å². The van der Waals surface area contributed by atoms with Crippen molar-refractivity contribution in [3.63, 3.8) is 0 Å². The molecule has 4 rings (SSSR count). The molecular formula is C21H23N5O2S2. The Morgan fingerprint density at radius 2 is 2.10 bits per heavy atom. The lowest BCUT2D eigenvalue weighted by Gasteiger charge is -2.16. The number of anilines is 2. The van der Waals surface area contributed by atoms with E-state index >= 15 is 0 Å². The predicted octanol–water partition coefficient (Wildman–Crippen LogP) is 3.84. The number of benzene rings is 1. The van der Waals surface area contributed by atoms with E-state index in [1.807, 2.05) is 24.3 Å². The first-order valence-corrected chi connectivity index (χ1v) is 11.0. The Morgan fingerprint density at radius 1 is 1.33 bits per heavy atom. The van der Waals surface area contributed by atoms with Crippen LogP contribution < -0.4 is 26.5 Å². The quantitative estimate of drug-likeness (QED) is 0.305. The van der Waals surface area contributed by atoms with Crippen molar-refractivity contribution in [2.75, 3.05) is 17.9 Å². The molecule has 156 valence electrons. The number of nitrogens with zero attached hydrogens (tertiary/aromatic N) is 2. The highest BCUT2D eigenvalue weighted by Crippen LogP contribution is 2.34. The van der Waals surface area contributed by atoms with Crippen molar-refractivity contribution in [3.8, 4) is 5.75 Å². The zero-order chi connectivity index (χ0) is 21.1. The van der Waals surface area contributed by atoms with Crippen LogP contribution in [0.25, 0.3) is 10.2 Å². The number of thiocarbonyl (C=S) groups is 1. The van der Waals surface area contributed by atoms with Crippen LogP contribution in [0.1, 0.15) is 23.3 Å². The molecule has 0 fully saturated rings. The van der Waals surface area contributed by atoms with Crippen molar-refractivity contribution in [1.29, 1.82) is 0 Å². The van der Waals surface area contributed by atoms with Crippen molar-refractivity contribution < 1.29 is 4.74 Å². The fourth-order valence-corrected chi connectivity index (χ4v) is 5.00. The van der Waals surface area contributed by atoms with Gasteiger partial charge in [-0.15, -0.1) is 17.9 Å². The minimum Gasteiger partial charge on any atom is -0.497 e. The molecule has 0 aliphatic heterocycles. The van der Waals surface area contributed by atoms with Gasteiger partial charge >= 0.3 is 0 Å². The van der Waals surface area contributed by atoms with Gasteiger partial charge in [0.25, 0.3) is 5.56 Å². The lowest BCUT2D eigenvalue weighted by Crippen LogP contribution is -2.36. The minimum atomic E-state index is -0.0439. The van der Waals surface area contributed by atoms with Gasteiger partial charge in [-0.05, 0) is 67.7 Å². The van der Waals surface area contributed by atoms with E-state index in [-0.39, 0.29) is 5.56 Å². The van der Waals surface area contributed by atoms with Crippen molar-refractivity contribution in [1.82, 2.24) is 15.0 Å². The molecule has 30 heavy (non-hydrogen) atoms. The summed E-state index contributed by atoms with van der Waals surface area (Å²) in [5.74, 6) is 1.17. The third-order valence-corrected chi connectivity index (χ3v) is 6.41. The number of hydrazine groups is 1. The summed E-state index contributed by atoms with van der Waals surface area (Å²) in [7, 11) is 1.62. The molecule has 0 bridgehead atoms. The van der Waals surface area contributed by atoms with Gasteiger partial charge in [0, 0.05) is 17.1 Å². The normalized spacial score (nSPS) is 12.8. The van der Waals surface area contributed by atoms with E-state index in [1.165, 1.54) is 16.9 Å². The second-order valence-corrected chi connectivity index (χ2v) is 8.46. The molecule has 3 aromatic rings. The lowest BCUT2D eigenvalue weighted by molar-refractivity contribution is 0.415. The zero-order valence-corrected chi connectivity index (χ0v) is 18.3. The molecular weight excluding hydrogens is 418 g/mol. The third-order valence-electron chi connectivity index (χ3n) is 5.02. The summed E-state index contributed by atoms with van der Waals surface area (Å²) < 4.78 is 6.74. The summed E-state index contributed by atoms with van der Waals surface area (Å²) >= 11 is 6.97. The predicted molar refractivity (Wildman–Crippen MR) is 127 cm³/mol. The monoisotopic (exact) mass is 441 g/mol. The highest BCUT2D eigenvalue weighted by atomic mass is 32.1. The molecule has 3 N–H and O–H groups in total. The van der Waals surface area contributed by atoms with Crippen LogP contribution in [-0.2, 0) is 19.4 Å². The summed E-state index contributed by atoms with van der Waals surface area (Å²) in [6, 6.07) is 7.41. The second kappa shape index (κ2) is 8.85. The molecule has 0 radical (unpaired) electrons. The number of hydrogen-bond donors (Lipinski definition) is 3. The number of methoxy groups -OCH3 is 1. The first-order valence-electron chi connectivity index (χ1n) is 9.73. The largest absolute Gasteiger partial charge is 0.497 e. The van der Waals surface area contributed by atoms with E-state index in [9.17, 15) is 4.79 Å². The zero-order valence-electron chi connectivity index (χ0n) is 16.7. The van der Waals surface area contributed by atoms with Gasteiger partial charge in [0.1, 0.15) is 10.6 Å². The summed E-state index contributed by atoms with van der Waals surface area (Å²) in [4.78, 5) is 20.0. The van der Waals surface area contributed by atoms with Gasteiger partial charge < -0.3 is 10.1 Å². The van der Waals surface area contributed by atoms with Gasteiger partial charge in [-0.2, -0.15) is 0 Å². The van der Waals surface area contributed by atoms with Crippen LogP contribution in [0, 0.1) is 0 Å². The fourth-order valence-electron chi connectivity index (χ4n) is 3.58. The van der Waals surface area contributed by atoms with Gasteiger partial charge in [0.15, 0.2) is 5.11 Å². The summed E-state index contributed by atoms with van der Waals surface area (Å²) in [5.41, 5.74) is 7.84. The van der Waals surface area contributed by atoms with E-state index in [2.05, 4.69) is 22.7 Å². The standard InChI is InChI=1S/C21H23N5O2S2/c1-3-12-26-19(27)17-15-6-4-5-7-16(15)30-18(17)23-20(26)24-25-21(29)22-13-8-10-14(28-2)11-9-13/h3,8-11H,1,4-7,12H2,2H3,(H,23,24)(H2,22,25,29). The Labute approximate surface area is 183 Å². The van der Waals surface area contributed by atoms with Crippen LogP contribution in [0.2, 0.25) is 0 Å². The number of thiophene rings is 1. The van der Waals surface area contributed by atoms with Gasteiger partial charge in [0.2, 0.25) is 5.95 Å². The molecule has 0 atom stereocenters. The molecule has 0 saturated heterocycles. The number of allylic oxidation sites excluding steroid dienone is 1. The number of rotatable bonds is 6. The summed E-state index contributed by atoms with van der Waals surface area (Å²) in [5, 5.41) is 4.18. The van der Waals surface area contributed by atoms with Gasteiger partial charge in [-0.25, -0.2) is 4.98 Å². The average Bonchev–Trinajstić information content (AvgIpc) is 3.13. The van der Waals surface area contributed by atoms with Crippen molar-refractivity contribution in [3.05, 3.63) is 57.7 Å². The van der Waals surface area contributed by atoms with Gasteiger partial charge in [-0.3, -0.25) is 20.2 Å². The summed E-state index contributed by atoms with van der Waals surface area (Å²) in [6.07, 6.45) is 5.94. The van der Waals surface area contributed by atoms with E-state index in [1.54, 1.807) is 29.1 Å². The SMILES string of the molecule is C=CCn1c(NNC(=S)Nc2ccc(OC)cc2)nc2sc3c(c2c1=O)CCCC3. The van der Waals surface area contributed by atoms with E-state index in [4.69, 9.17) is 21.9 Å². The van der Waals surface area contributed by atoms with E-state index < -0.39 is 0 Å². The van der Waals surface area contributed by atoms with Crippen LogP contribution >= 0.6 is 23.6 Å². The maximum atomic E-state index is 13.2. The molecule has 1 aliphatic carbocycles. The van der Waals surface area contributed by atoms with Crippen molar-refractivity contribution in [2.45, 2.75) is 32.2 Å². The molecule has 2 aromatic heterocycles. The molecule has 0 spiro atoms. The number of nitrogens with one attached hydrogen (secondary N) is 3. The van der Waals surface area contributed by atoms with Crippen molar-refractivity contribution in [2.24, 2.45) is 0 Å². The molecule has 1 aromatic carbocycles. The minimum absolute atomic E-state index is 0.0439. The van der Waals surface area contributed by atoms with E-state index in [0.29, 0.717) is 17.6 Å². The molecule has 0 unspecified atom stereocenters. The second-order valence-electron chi connectivity index (χ2n) is 6.96. The number of aryl methyl sites for hydroxylation is 2. The molecule has 1 aliphatic rings. The number of fused-ring (bicyclic) bond motifs is 3. The maximum Gasteiger partial charge on any atom is 0.264 e. The Morgan fingerprint density at radius 3 is 2.83 bits per heavy atom. The number of ether oxygens (including phenoxy) is 1. The smallest absolute Gasteiger partial charge is 0.264 e. The third kappa shape index (κ3) is 4.03. The maximum absolute atomic E-state index is 13.2. The highest BCUT2D eigenvalue weighted by molar-refractivity contribution is 7.80. The first-order chi connectivity index (χ1) is 14.6. The van der Waals surface area contributed by atoms with Crippen molar-refractivity contribution >= 4 is 50.5 Å². The molecule has 7 nitrogen and oxygen atoms in total. The Bertz CT molecular complexity index is 1150. The van der Waals surface area contributed by atoms with Crippen LogP contribution in [0.4, 0.5) is 11.6 Å². The molecule has 9 heteroatoms. The topological polar surface area (TPSA) is 80.2 Å². The molecule has 0 saturated carbocycles. The number of aromatic nitrogens is 2. The summed E-state index contributed by atoms with van der Waals surface area (Å²) in [6.45, 7) is 4.13. The van der Waals surface area contributed by atoms with Crippen LogP contribution in [0.15, 0.2) is 41.7 Å². The van der Waals surface area contributed by atoms with Crippen LogP contribution in [0.3, 0.4) is 0 Å². The Balaban J connectivity index is 1.56. The first kappa shape index (κ1) is 20.4. The Kier molecular flexibility index (Phi) is 6.01. The van der Waals surface area contributed by atoms with Crippen LogP contribution in [-0.4, -0.2) is 21.8 Å². The molecule has 2 heterocycles. The fraction of sp³-hybridized carbons (Fsp3) is 0.286. The average molecular weight is 442 g/mol. The highest BCUT2D eigenvalue weighted by Gasteiger charge is 2.21.